The van der Waals surface area contributed by atoms with Gasteiger partial charge < -0.3 is 9.88 Å². The van der Waals surface area contributed by atoms with Crippen molar-refractivity contribution in [2.24, 2.45) is 13.0 Å². The molecule has 1 amide bonds. The van der Waals surface area contributed by atoms with Crippen molar-refractivity contribution < 1.29 is 4.79 Å². The number of aryl methyl sites for hydroxylation is 1. The molecular weight excluding hydrogens is 260 g/mol. The zero-order valence-corrected chi connectivity index (χ0v) is 12.8. The lowest BCUT2D eigenvalue weighted by Crippen LogP contribution is -2.29. The molecule has 0 spiro atoms. The van der Waals surface area contributed by atoms with Crippen molar-refractivity contribution in [3.05, 3.63) is 36.0 Å². The fraction of sp³-hybridized carbons (Fsp3) is 0.500. The first-order valence-electron chi connectivity index (χ1n) is 8.08. The molecule has 0 aliphatic heterocycles. The van der Waals surface area contributed by atoms with E-state index in [1.165, 1.54) is 38.5 Å². The summed E-state index contributed by atoms with van der Waals surface area (Å²) in [6, 6.07) is 8.08. The van der Waals surface area contributed by atoms with E-state index in [1.54, 1.807) is 0 Å². The van der Waals surface area contributed by atoms with Gasteiger partial charge >= 0.3 is 0 Å². The van der Waals surface area contributed by atoms with Crippen LogP contribution in [0.25, 0.3) is 10.9 Å². The quantitative estimate of drug-likeness (QED) is 0.853. The number of carbonyl (C=O) groups excluding carboxylic acids is 1. The van der Waals surface area contributed by atoms with Gasteiger partial charge in [-0.05, 0) is 24.8 Å². The van der Waals surface area contributed by atoms with Crippen molar-refractivity contribution in [2.75, 3.05) is 6.54 Å². The summed E-state index contributed by atoms with van der Waals surface area (Å²) in [4.78, 5) is 12.5. The number of para-hydroxylation sites is 1. The van der Waals surface area contributed by atoms with Gasteiger partial charge in [-0.25, -0.2) is 0 Å². The topological polar surface area (TPSA) is 34.0 Å². The first kappa shape index (κ1) is 14.2. The fourth-order valence-electron chi connectivity index (χ4n) is 3.42. The number of amides is 1. The van der Waals surface area contributed by atoms with Crippen LogP contribution in [0, 0.1) is 5.92 Å². The predicted molar refractivity (Wildman–Crippen MR) is 86.4 cm³/mol. The summed E-state index contributed by atoms with van der Waals surface area (Å²) in [6.07, 6.45) is 9.80. The van der Waals surface area contributed by atoms with Crippen LogP contribution in [-0.2, 0) is 7.05 Å². The van der Waals surface area contributed by atoms with Crippen molar-refractivity contribution in [3.8, 4) is 0 Å². The summed E-state index contributed by atoms with van der Waals surface area (Å²) in [5.41, 5.74) is 1.90. The molecule has 3 nitrogen and oxygen atoms in total. The Balaban J connectivity index is 1.69. The first-order chi connectivity index (χ1) is 10.3. The molecule has 21 heavy (non-hydrogen) atoms. The zero-order chi connectivity index (χ0) is 14.7. The van der Waals surface area contributed by atoms with Gasteiger partial charge in [-0.1, -0.05) is 43.9 Å². The van der Waals surface area contributed by atoms with E-state index in [1.807, 2.05) is 36.0 Å². The number of nitrogens with zero attached hydrogens (tertiary/aromatic N) is 1. The average Bonchev–Trinajstić information content (AvgIpc) is 2.68. The SMILES string of the molecule is Cn1cc(C(=O)NCC2CCCCCC2)c2ccccc21. The van der Waals surface area contributed by atoms with Crippen LogP contribution in [0.3, 0.4) is 0 Å². The van der Waals surface area contributed by atoms with Gasteiger partial charge in [0.2, 0.25) is 0 Å². The molecule has 112 valence electrons. The molecule has 0 atom stereocenters. The molecule has 3 heteroatoms. The largest absolute Gasteiger partial charge is 0.352 e. The molecule has 1 aliphatic rings. The van der Waals surface area contributed by atoms with Crippen LogP contribution < -0.4 is 5.32 Å². The molecule has 0 radical (unpaired) electrons. The van der Waals surface area contributed by atoms with Crippen LogP contribution in [-0.4, -0.2) is 17.0 Å². The summed E-state index contributed by atoms with van der Waals surface area (Å²) in [5, 5.41) is 4.19. The highest BCUT2D eigenvalue weighted by atomic mass is 16.1. The minimum Gasteiger partial charge on any atom is -0.352 e. The smallest absolute Gasteiger partial charge is 0.253 e. The standard InChI is InChI=1S/C18H24N2O/c1-20-13-16(15-10-6-7-11-17(15)20)18(21)19-12-14-8-4-2-3-5-9-14/h6-7,10-11,13-14H,2-5,8-9,12H2,1H3,(H,19,21). The molecule has 0 saturated heterocycles. The molecule has 1 fully saturated rings. The Labute approximate surface area is 126 Å². The third kappa shape index (κ3) is 3.12. The summed E-state index contributed by atoms with van der Waals surface area (Å²) in [5.74, 6) is 0.725. The van der Waals surface area contributed by atoms with Crippen LogP contribution >= 0.6 is 0 Å². The maximum atomic E-state index is 12.5. The lowest BCUT2D eigenvalue weighted by atomic mass is 10.0. The highest BCUT2D eigenvalue weighted by molar-refractivity contribution is 6.06. The molecule has 1 aliphatic carbocycles. The predicted octanol–water partition coefficient (Wildman–Crippen LogP) is 3.88. The van der Waals surface area contributed by atoms with E-state index in [4.69, 9.17) is 0 Å². The van der Waals surface area contributed by atoms with Crippen molar-refractivity contribution in [2.45, 2.75) is 38.5 Å². The summed E-state index contributed by atoms with van der Waals surface area (Å²) < 4.78 is 2.02. The number of rotatable bonds is 3. The van der Waals surface area contributed by atoms with E-state index in [0.717, 1.165) is 23.0 Å². The molecule has 2 aromatic rings. The molecule has 0 bridgehead atoms. The van der Waals surface area contributed by atoms with E-state index in [-0.39, 0.29) is 5.91 Å². The fourth-order valence-corrected chi connectivity index (χ4v) is 3.42. The van der Waals surface area contributed by atoms with Gasteiger partial charge in [-0.15, -0.1) is 0 Å². The number of hydrogen-bond acceptors (Lipinski definition) is 1. The highest BCUT2D eigenvalue weighted by Gasteiger charge is 2.16. The number of benzene rings is 1. The van der Waals surface area contributed by atoms with Crippen LogP contribution in [0.1, 0.15) is 48.9 Å². The van der Waals surface area contributed by atoms with Crippen molar-refractivity contribution in [3.63, 3.8) is 0 Å². The molecule has 1 aromatic carbocycles. The molecule has 1 saturated carbocycles. The Kier molecular flexibility index (Phi) is 4.28. The van der Waals surface area contributed by atoms with Gasteiger partial charge in [0.15, 0.2) is 0 Å². The third-order valence-electron chi connectivity index (χ3n) is 4.67. The van der Waals surface area contributed by atoms with E-state index >= 15 is 0 Å². The molecule has 0 unspecified atom stereocenters. The first-order valence-corrected chi connectivity index (χ1v) is 8.08. The number of hydrogen-bond donors (Lipinski definition) is 1. The Morgan fingerprint density at radius 3 is 2.67 bits per heavy atom. The molecule has 1 heterocycles. The normalized spacial score (nSPS) is 16.8. The minimum absolute atomic E-state index is 0.0658. The monoisotopic (exact) mass is 284 g/mol. The summed E-state index contributed by atoms with van der Waals surface area (Å²) in [6.45, 7) is 0.821. The second-order valence-corrected chi connectivity index (χ2v) is 6.24. The van der Waals surface area contributed by atoms with Crippen molar-refractivity contribution >= 4 is 16.8 Å². The Bertz CT molecular complexity index is 621. The van der Waals surface area contributed by atoms with Gasteiger partial charge in [-0.2, -0.15) is 0 Å². The number of aromatic nitrogens is 1. The van der Waals surface area contributed by atoms with E-state index in [9.17, 15) is 4.79 Å². The van der Waals surface area contributed by atoms with Gasteiger partial charge in [0.1, 0.15) is 0 Å². The lowest BCUT2D eigenvalue weighted by Gasteiger charge is -2.14. The lowest BCUT2D eigenvalue weighted by molar-refractivity contribution is 0.0947. The molecule has 3 rings (SSSR count). The highest BCUT2D eigenvalue weighted by Crippen LogP contribution is 2.23. The Morgan fingerprint density at radius 2 is 1.90 bits per heavy atom. The number of nitrogens with one attached hydrogen (secondary N) is 1. The van der Waals surface area contributed by atoms with E-state index < -0.39 is 0 Å². The van der Waals surface area contributed by atoms with E-state index in [2.05, 4.69) is 11.4 Å². The number of carbonyl (C=O) groups is 1. The molecule has 1 aromatic heterocycles. The van der Waals surface area contributed by atoms with Gasteiger partial charge in [0.25, 0.3) is 5.91 Å². The maximum Gasteiger partial charge on any atom is 0.253 e. The maximum absolute atomic E-state index is 12.5. The second-order valence-electron chi connectivity index (χ2n) is 6.24. The van der Waals surface area contributed by atoms with Crippen LogP contribution in [0.2, 0.25) is 0 Å². The van der Waals surface area contributed by atoms with Gasteiger partial charge in [0.05, 0.1) is 5.56 Å². The summed E-state index contributed by atoms with van der Waals surface area (Å²) >= 11 is 0. The average molecular weight is 284 g/mol. The zero-order valence-electron chi connectivity index (χ0n) is 12.8. The van der Waals surface area contributed by atoms with E-state index in [0.29, 0.717) is 5.92 Å². The van der Waals surface area contributed by atoms with Crippen LogP contribution in [0.4, 0.5) is 0 Å². The second kappa shape index (κ2) is 6.33. The Morgan fingerprint density at radius 1 is 1.19 bits per heavy atom. The van der Waals surface area contributed by atoms with Gasteiger partial charge in [0, 0.05) is 30.7 Å². The minimum atomic E-state index is 0.0658. The Hall–Kier alpha value is -1.77. The molecule has 1 N–H and O–H groups in total. The summed E-state index contributed by atoms with van der Waals surface area (Å²) in [7, 11) is 1.99. The van der Waals surface area contributed by atoms with Crippen LogP contribution in [0.5, 0.6) is 0 Å². The van der Waals surface area contributed by atoms with Gasteiger partial charge in [-0.3, -0.25) is 4.79 Å². The third-order valence-corrected chi connectivity index (χ3v) is 4.67. The van der Waals surface area contributed by atoms with Crippen molar-refractivity contribution in [1.82, 2.24) is 9.88 Å². The number of fused-ring (bicyclic) bond motifs is 1. The van der Waals surface area contributed by atoms with Crippen molar-refractivity contribution in [1.29, 1.82) is 0 Å². The van der Waals surface area contributed by atoms with Crippen LogP contribution in [0.15, 0.2) is 30.5 Å². The molecular formula is C18H24N2O.